The number of rotatable bonds is 4. The van der Waals surface area contributed by atoms with Gasteiger partial charge in [-0.25, -0.2) is 0 Å². The van der Waals surface area contributed by atoms with Gasteiger partial charge in [0.05, 0.1) is 0 Å². The van der Waals surface area contributed by atoms with Gasteiger partial charge < -0.3 is 15.8 Å². The van der Waals surface area contributed by atoms with Crippen molar-refractivity contribution in [2.24, 2.45) is 5.73 Å². The fourth-order valence-electron chi connectivity index (χ4n) is 1.73. The maximum Gasteiger partial charge on any atom is 0.258 e. The fraction of sp³-hybridized carbons (Fsp3) is 0.417. The van der Waals surface area contributed by atoms with Gasteiger partial charge >= 0.3 is 0 Å². The van der Waals surface area contributed by atoms with E-state index < -0.39 is 0 Å². The zero-order valence-corrected chi connectivity index (χ0v) is 10.1. The zero-order valence-electron chi connectivity index (χ0n) is 9.36. The molecule has 3 N–H and O–H groups in total. The van der Waals surface area contributed by atoms with Crippen molar-refractivity contribution in [1.29, 1.82) is 0 Å². The molecule has 1 amide bonds. The first kappa shape index (κ1) is 12.2. The van der Waals surface area contributed by atoms with Crippen molar-refractivity contribution < 1.29 is 9.53 Å². The van der Waals surface area contributed by atoms with Crippen LogP contribution in [0.1, 0.15) is 12.8 Å². The van der Waals surface area contributed by atoms with Gasteiger partial charge in [0, 0.05) is 17.1 Å². The van der Waals surface area contributed by atoms with Gasteiger partial charge in [0.25, 0.3) is 5.91 Å². The molecule has 4 nitrogen and oxygen atoms in total. The topological polar surface area (TPSA) is 64.3 Å². The second-order valence-corrected chi connectivity index (χ2v) is 4.67. The van der Waals surface area contributed by atoms with E-state index in [0.717, 1.165) is 12.8 Å². The van der Waals surface area contributed by atoms with Crippen LogP contribution in [-0.4, -0.2) is 24.6 Å². The molecule has 1 aliphatic carbocycles. The SMILES string of the molecule is NC1CC(NC(=O)COc2ccc(Cl)cc2)C1. The number of hydrogen-bond donors (Lipinski definition) is 2. The molecule has 1 fully saturated rings. The largest absolute Gasteiger partial charge is 0.484 e. The van der Waals surface area contributed by atoms with Gasteiger partial charge in [-0.2, -0.15) is 0 Å². The Morgan fingerprint density at radius 2 is 2.06 bits per heavy atom. The first-order chi connectivity index (χ1) is 8.13. The molecule has 0 unspecified atom stereocenters. The molecule has 0 saturated heterocycles. The third-order valence-electron chi connectivity index (χ3n) is 2.72. The molecule has 0 radical (unpaired) electrons. The number of hydrogen-bond acceptors (Lipinski definition) is 3. The zero-order chi connectivity index (χ0) is 12.3. The number of halogens is 1. The highest BCUT2D eigenvalue weighted by Crippen LogP contribution is 2.17. The van der Waals surface area contributed by atoms with E-state index >= 15 is 0 Å². The Balaban J connectivity index is 1.70. The summed E-state index contributed by atoms with van der Waals surface area (Å²) in [4.78, 5) is 11.5. The van der Waals surface area contributed by atoms with Crippen LogP contribution < -0.4 is 15.8 Å². The van der Waals surface area contributed by atoms with Crippen molar-refractivity contribution in [2.75, 3.05) is 6.61 Å². The fourth-order valence-corrected chi connectivity index (χ4v) is 1.85. The molecule has 1 aromatic carbocycles. The third-order valence-corrected chi connectivity index (χ3v) is 2.98. The van der Waals surface area contributed by atoms with E-state index in [2.05, 4.69) is 5.32 Å². The molecule has 2 rings (SSSR count). The maximum atomic E-state index is 11.5. The Morgan fingerprint density at radius 3 is 2.65 bits per heavy atom. The lowest BCUT2D eigenvalue weighted by Crippen LogP contribution is -2.51. The van der Waals surface area contributed by atoms with E-state index in [9.17, 15) is 4.79 Å². The van der Waals surface area contributed by atoms with Crippen LogP contribution in [0, 0.1) is 0 Å². The monoisotopic (exact) mass is 254 g/mol. The average Bonchev–Trinajstić information content (AvgIpc) is 2.26. The number of nitrogens with two attached hydrogens (primary N) is 1. The lowest BCUT2D eigenvalue weighted by Gasteiger charge is -2.32. The number of benzene rings is 1. The predicted octanol–water partition coefficient (Wildman–Crippen LogP) is 1.32. The Morgan fingerprint density at radius 1 is 1.41 bits per heavy atom. The van der Waals surface area contributed by atoms with Gasteiger partial charge in [0.2, 0.25) is 0 Å². The highest BCUT2D eigenvalue weighted by Gasteiger charge is 2.26. The molecule has 0 spiro atoms. The van der Waals surface area contributed by atoms with Gasteiger partial charge in [0.15, 0.2) is 6.61 Å². The standard InChI is InChI=1S/C12H15ClN2O2/c13-8-1-3-11(4-2-8)17-7-12(16)15-10-5-9(14)6-10/h1-4,9-10H,5-7,14H2,(H,15,16). The Hall–Kier alpha value is -1.26. The summed E-state index contributed by atoms with van der Waals surface area (Å²) in [5.74, 6) is 0.520. The van der Waals surface area contributed by atoms with Crippen LogP contribution in [0.4, 0.5) is 0 Å². The van der Waals surface area contributed by atoms with E-state index in [1.165, 1.54) is 0 Å². The Labute approximate surface area is 105 Å². The summed E-state index contributed by atoms with van der Waals surface area (Å²) < 4.78 is 5.32. The van der Waals surface area contributed by atoms with E-state index in [1.54, 1.807) is 24.3 Å². The molecule has 92 valence electrons. The summed E-state index contributed by atoms with van der Waals surface area (Å²) in [6.45, 7) is 0.0212. The lowest BCUT2D eigenvalue weighted by atomic mass is 9.88. The molecule has 0 aromatic heterocycles. The second-order valence-electron chi connectivity index (χ2n) is 4.24. The van der Waals surface area contributed by atoms with Crippen LogP contribution in [-0.2, 0) is 4.79 Å². The summed E-state index contributed by atoms with van der Waals surface area (Å²) >= 11 is 5.74. The van der Waals surface area contributed by atoms with Gasteiger partial charge in [-0.3, -0.25) is 4.79 Å². The summed E-state index contributed by atoms with van der Waals surface area (Å²) in [7, 11) is 0. The van der Waals surface area contributed by atoms with Crippen LogP contribution in [0.3, 0.4) is 0 Å². The molecule has 17 heavy (non-hydrogen) atoms. The first-order valence-electron chi connectivity index (χ1n) is 5.57. The van der Waals surface area contributed by atoms with Gasteiger partial charge in [-0.05, 0) is 37.1 Å². The predicted molar refractivity (Wildman–Crippen MR) is 66.1 cm³/mol. The maximum absolute atomic E-state index is 11.5. The molecule has 1 aromatic rings. The minimum Gasteiger partial charge on any atom is -0.484 e. The van der Waals surface area contributed by atoms with Crippen LogP contribution in [0.2, 0.25) is 5.02 Å². The van der Waals surface area contributed by atoms with Crippen LogP contribution in [0.5, 0.6) is 5.75 Å². The van der Waals surface area contributed by atoms with E-state index in [1.807, 2.05) is 0 Å². The van der Waals surface area contributed by atoms with Crippen molar-refractivity contribution in [3.8, 4) is 5.75 Å². The van der Waals surface area contributed by atoms with Gasteiger partial charge in [-0.1, -0.05) is 11.6 Å². The smallest absolute Gasteiger partial charge is 0.258 e. The van der Waals surface area contributed by atoms with Crippen molar-refractivity contribution in [2.45, 2.75) is 24.9 Å². The lowest BCUT2D eigenvalue weighted by molar-refractivity contribution is -0.124. The number of carbonyl (C=O) groups is 1. The second kappa shape index (κ2) is 5.38. The van der Waals surface area contributed by atoms with Crippen molar-refractivity contribution in [3.05, 3.63) is 29.3 Å². The minimum atomic E-state index is -0.114. The normalized spacial score (nSPS) is 22.7. The van der Waals surface area contributed by atoms with Crippen molar-refractivity contribution in [1.82, 2.24) is 5.32 Å². The Bertz CT molecular complexity index is 388. The first-order valence-corrected chi connectivity index (χ1v) is 5.94. The highest BCUT2D eigenvalue weighted by atomic mass is 35.5. The summed E-state index contributed by atoms with van der Waals surface area (Å²) in [5.41, 5.74) is 5.63. The van der Waals surface area contributed by atoms with E-state index in [0.29, 0.717) is 10.8 Å². The number of ether oxygens (including phenoxy) is 1. The van der Waals surface area contributed by atoms with E-state index in [-0.39, 0.29) is 24.6 Å². The summed E-state index contributed by atoms with van der Waals surface area (Å²) in [6, 6.07) is 7.35. The minimum absolute atomic E-state index is 0.0212. The van der Waals surface area contributed by atoms with Crippen LogP contribution in [0.15, 0.2) is 24.3 Å². The molecular weight excluding hydrogens is 240 g/mol. The quantitative estimate of drug-likeness (QED) is 0.852. The molecule has 0 aliphatic heterocycles. The molecule has 5 heteroatoms. The molecule has 1 aliphatic rings. The number of carbonyl (C=O) groups excluding carboxylic acids is 1. The summed E-state index contributed by atoms with van der Waals surface area (Å²) in [6.07, 6.45) is 1.71. The number of amides is 1. The molecule has 0 atom stereocenters. The Kier molecular flexibility index (Phi) is 3.86. The van der Waals surface area contributed by atoms with Gasteiger partial charge in [-0.15, -0.1) is 0 Å². The molecule has 0 heterocycles. The number of nitrogens with one attached hydrogen (secondary N) is 1. The van der Waals surface area contributed by atoms with Crippen molar-refractivity contribution in [3.63, 3.8) is 0 Å². The summed E-state index contributed by atoms with van der Waals surface area (Å²) in [5, 5.41) is 3.50. The van der Waals surface area contributed by atoms with Crippen LogP contribution >= 0.6 is 11.6 Å². The third kappa shape index (κ3) is 3.61. The highest BCUT2D eigenvalue weighted by molar-refractivity contribution is 6.30. The van der Waals surface area contributed by atoms with Crippen LogP contribution in [0.25, 0.3) is 0 Å². The molecule has 0 bridgehead atoms. The molecule has 1 saturated carbocycles. The van der Waals surface area contributed by atoms with Gasteiger partial charge in [0.1, 0.15) is 5.75 Å². The average molecular weight is 255 g/mol. The van der Waals surface area contributed by atoms with E-state index in [4.69, 9.17) is 22.1 Å². The molecular formula is C12H15ClN2O2. The van der Waals surface area contributed by atoms with Crippen molar-refractivity contribution >= 4 is 17.5 Å².